The summed E-state index contributed by atoms with van der Waals surface area (Å²) in [5.74, 6) is 0.147. The van der Waals surface area contributed by atoms with Gasteiger partial charge in [0.1, 0.15) is 0 Å². The van der Waals surface area contributed by atoms with Gasteiger partial charge in [0.25, 0.3) is 0 Å². The van der Waals surface area contributed by atoms with E-state index >= 15 is 0 Å². The number of aromatic amines is 1. The van der Waals surface area contributed by atoms with Crippen molar-refractivity contribution < 1.29 is 18.3 Å². The molecule has 0 amide bonds. The smallest absolute Gasteiger partial charge is 0.395 e. The zero-order valence-electron chi connectivity index (χ0n) is 10.4. The van der Waals surface area contributed by atoms with Gasteiger partial charge in [-0.25, -0.2) is 0 Å². The highest BCUT2D eigenvalue weighted by Crippen LogP contribution is 2.47. The molecule has 1 aromatic carbocycles. The third kappa shape index (κ3) is 2.31. The lowest BCUT2D eigenvalue weighted by molar-refractivity contribution is -0.286. The van der Waals surface area contributed by atoms with Crippen LogP contribution in [-0.2, 0) is 0 Å². The first-order valence-corrected chi connectivity index (χ1v) is 5.59. The fourth-order valence-corrected chi connectivity index (χ4v) is 1.91. The third-order valence-electron chi connectivity index (χ3n) is 2.67. The standard InChI is InChI=1S/C12H9F2NO2.C2H4/c1-7-5-15-6-9(7)8-3-2-4-10-11(8)17-12(13,14)16-10;1-2/h2-6,15H,1H3;1-2H2. The van der Waals surface area contributed by atoms with Gasteiger partial charge >= 0.3 is 6.29 Å². The Morgan fingerprint density at radius 3 is 2.47 bits per heavy atom. The zero-order chi connectivity index (χ0) is 14.0. The van der Waals surface area contributed by atoms with Gasteiger partial charge in [-0.3, -0.25) is 0 Å². The van der Waals surface area contributed by atoms with E-state index in [1.807, 2.05) is 6.92 Å². The molecule has 3 rings (SSSR count). The Morgan fingerprint density at radius 2 is 1.84 bits per heavy atom. The van der Waals surface area contributed by atoms with Crippen LogP contribution in [0.2, 0.25) is 0 Å². The average molecular weight is 265 g/mol. The molecule has 1 aromatic heterocycles. The van der Waals surface area contributed by atoms with Gasteiger partial charge in [-0.05, 0) is 18.6 Å². The maximum Gasteiger partial charge on any atom is 0.586 e. The van der Waals surface area contributed by atoms with E-state index in [1.165, 1.54) is 6.07 Å². The first-order chi connectivity index (χ1) is 9.07. The summed E-state index contributed by atoms with van der Waals surface area (Å²) in [6.45, 7) is 7.89. The maximum absolute atomic E-state index is 13.0. The maximum atomic E-state index is 13.0. The first-order valence-electron chi connectivity index (χ1n) is 5.59. The summed E-state index contributed by atoms with van der Waals surface area (Å²) in [6.07, 6.45) is -0.0455. The van der Waals surface area contributed by atoms with Crippen LogP contribution < -0.4 is 9.47 Å². The number of nitrogens with one attached hydrogen (secondary N) is 1. The summed E-state index contributed by atoms with van der Waals surface area (Å²) in [5, 5.41) is 0. The molecule has 3 nitrogen and oxygen atoms in total. The molecule has 2 heterocycles. The van der Waals surface area contributed by atoms with Crippen LogP contribution >= 0.6 is 0 Å². The molecule has 0 saturated heterocycles. The van der Waals surface area contributed by atoms with Gasteiger partial charge in [0, 0.05) is 23.5 Å². The quantitative estimate of drug-likeness (QED) is 0.787. The van der Waals surface area contributed by atoms with Crippen LogP contribution in [0.3, 0.4) is 0 Å². The molecule has 0 radical (unpaired) electrons. The number of fused-ring (bicyclic) bond motifs is 1. The van der Waals surface area contributed by atoms with E-state index in [-0.39, 0.29) is 11.5 Å². The fourth-order valence-electron chi connectivity index (χ4n) is 1.91. The van der Waals surface area contributed by atoms with Crippen molar-refractivity contribution in [2.45, 2.75) is 13.2 Å². The molecular weight excluding hydrogens is 252 g/mol. The van der Waals surface area contributed by atoms with Crippen LogP contribution in [0.5, 0.6) is 11.5 Å². The second-order valence-corrected chi connectivity index (χ2v) is 3.85. The number of para-hydroxylation sites is 1. The largest absolute Gasteiger partial charge is 0.586 e. The first kappa shape index (κ1) is 13.1. The molecule has 0 fully saturated rings. The predicted molar refractivity (Wildman–Crippen MR) is 68.4 cm³/mol. The van der Waals surface area contributed by atoms with Crippen LogP contribution in [-0.4, -0.2) is 11.3 Å². The van der Waals surface area contributed by atoms with Crippen molar-refractivity contribution >= 4 is 0 Å². The zero-order valence-corrected chi connectivity index (χ0v) is 10.4. The van der Waals surface area contributed by atoms with Gasteiger partial charge in [-0.15, -0.1) is 21.9 Å². The van der Waals surface area contributed by atoms with Gasteiger partial charge in [0.05, 0.1) is 0 Å². The van der Waals surface area contributed by atoms with Crippen LogP contribution in [0.1, 0.15) is 5.56 Å². The molecular formula is C14H13F2NO2. The van der Waals surface area contributed by atoms with Crippen molar-refractivity contribution in [1.82, 2.24) is 4.98 Å². The highest BCUT2D eigenvalue weighted by atomic mass is 19.3. The summed E-state index contributed by atoms with van der Waals surface area (Å²) in [4.78, 5) is 2.92. The van der Waals surface area contributed by atoms with E-state index in [4.69, 9.17) is 0 Å². The average Bonchev–Trinajstić information content (AvgIpc) is 2.92. The molecule has 0 saturated carbocycles. The van der Waals surface area contributed by atoms with Gasteiger partial charge in [-0.2, -0.15) is 0 Å². The minimum Gasteiger partial charge on any atom is -0.395 e. The van der Waals surface area contributed by atoms with Crippen LogP contribution in [0.25, 0.3) is 11.1 Å². The molecule has 19 heavy (non-hydrogen) atoms. The van der Waals surface area contributed by atoms with E-state index in [9.17, 15) is 8.78 Å². The normalized spacial score (nSPS) is 14.7. The van der Waals surface area contributed by atoms with Crippen LogP contribution in [0.4, 0.5) is 8.78 Å². The summed E-state index contributed by atoms with van der Waals surface area (Å²) in [5.41, 5.74) is 2.37. The number of hydrogen-bond donors (Lipinski definition) is 1. The highest BCUT2D eigenvalue weighted by Gasteiger charge is 2.44. The number of ether oxygens (including phenoxy) is 2. The van der Waals surface area contributed by atoms with Crippen LogP contribution in [0, 0.1) is 6.92 Å². The molecule has 1 aliphatic heterocycles. The molecule has 2 aromatic rings. The van der Waals surface area contributed by atoms with Crippen molar-refractivity contribution in [3.8, 4) is 22.6 Å². The van der Waals surface area contributed by atoms with E-state index in [0.717, 1.165) is 11.1 Å². The monoisotopic (exact) mass is 265 g/mol. The van der Waals surface area contributed by atoms with Crippen molar-refractivity contribution in [2.24, 2.45) is 0 Å². The summed E-state index contributed by atoms with van der Waals surface area (Å²) < 4.78 is 35.0. The van der Waals surface area contributed by atoms with Crippen molar-refractivity contribution in [2.75, 3.05) is 0 Å². The number of H-pyrrole nitrogens is 1. The van der Waals surface area contributed by atoms with E-state index in [2.05, 4.69) is 27.6 Å². The van der Waals surface area contributed by atoms with Gasteiger partial charge < -0.3 is 14.5 Å². The number of benzene rings is 1. The molecule has 1 N–H and O–H groups in total. The number of hydrogen-bond acceptors (Lipinski definition) is 2. The molecule has 0 bridgehead atoms. The highest BCUT2D eigenvalue weighted by molar-refractivity contribution is 5.76. The van der Waals surface area contributed by atoms with Crippen molar-refractivity contribution in [1.29, 1.82) is 0 Å². The summed E-state index contributed by atoms with van der Waals surface area (Å²) in [7, 11) is 0. The topological polar surface area (TPSA) is 34.2 Å². The SMILES string of the molecule is C=C.Cc1c[nH]cc1-c1cccc2c1OC(F)(F)O2. The minimum atomic E-state index is -3.58. The van der Waals surface area contributed by atoms with Crippen molar-refractivity contribution in [3.63, 3.8) is 0 Å². The Bertz CT molecular complexity index is 593. The summed E-state index contributed by atoms with van der Waals surface area (Å²) in [6, 6.07) is 4.84. The second kappa shape index (κ2) is 4.76. The summed E-state index contributed by atoms with van der Waals surface area (Å²) >= 11 is 0. The number of aryl methyl sites for hydroxylation is 1. The molecule has 0 spiro atoms. The Kier molecular flexibility index (Phi) is 3.29. The van der Waals surface area contributed by atoms with Gasteiger partial charge in [-0.1, -0.05) is 12.1 Å². The fraction of sp³-hybridized carbons (Fsp3) is 0.143. The Morgan fingerprint density at radius 1 is 1.11 bits per heavy atom. The lowest BCUT2D eigenvalue weighted by Crippen LogP contribution is -2.26. The van der Waals surface area contributed by atoms with Crippen LogP contribution in [0.15, 0.2) is 43.8 Å². The Balaban J connectivity index is 0.000000637. The number of halogens is 2. The van der Waals surface area contributed by atoms with E-state index < -0.39 is 6.29 Å². The molecule has 5 heteroatoms. The van der Waals surface area contributed by atoms with Crippen molar-refractivity contribution in [3.05, 3.63) is 49.3 Å². The number of rotatable bonds is 1. The van der Waals surface area contributed by atoms with E-state index in [1.54, 1.807) is 24.5 Å². The number of aromatic nitrogens is 1. The molecule has 100 valence electrons. The lowest BCUT2D eigenvalue weighted by atomic mass is 10.0. The molecule has 0 unspecified atom stereocenters. The Labute approximate surface area is 109 Å². The molecule has 1 aliphatic rings. The molecule has 0 atom stereocenters. The Hall–Kier alpha value is -2.30. The van der Waals surface area contributed by atoms with Gasteiger partial charge in [0.2, 0.25) is 0 Å². The third-order valence-corrected chi connectivity index (χ3v) is 2.67. The predicted octanol–water partition coefficient (Wildman–Crippen LogP) is 4.11. The second-order valence-electron chi connectivity index (χ2n) is 3.85. The number of alkyl halides is 2. The van der Waals surface area contributed by atoms with Gasteiger partial charge in [0.15, 0.2) is 11.5 Å². The van der Waals surface area contributed by atoms with E-state index in [0.29, 0.717) is 5.56 Å². The lowest BCUT2D eigenvalue weighted by Gasteiger charge is -2.06. The molecule has 0 aliphatic carbocycles. The minimum absolute atomic E-state index is 0.0631.